The number of carbonyl (C=O) groups excluding carboxylic acids is 1. The fraction of sp³-hybridized carbons (Fsp3) is 0.111. The van der Waals surface area contributed by atoms with E-state index in [0.29, 0.717) is 15.7 Å². The summed E-state index contributed by atoms with van der Waals surface area (Å²) < 4.78 is -1.87. The lowest BCUT2D eigenvalue weighted by atomic mass is 10.2. The summed E-state index contributed by atoms with van der Waals surface area (Å²) in [6, 6.07) is 14.1. The maximum absolute atomic E-state index is 12.2. The first-order chi connectivity index (χ1) is 13.1. The number of carbonyl (C=O) groups is 1. The van der Waals surface area contributed by atoms with Gasteiger partial charge in [-0.2, -0.15) is 0 Å². The average molecular weight is 498 g/mol. The second-order valence-electron chi connectivity index (χ2n) is 5.45. The van der Waals surface area contributed by atoms with Gasteiger partial charge >= 0.3 is 0 Å². The Bertz CT molecular complexity index is 871. The first-order valence-corrected chi connectivity index (χ1v) is 10.1. The lowest BCUT2D eigenvalue weighted by Crippen LogP contribution is -2.55. The van der Waals surface area contributed by atoms with E-state index in [9.17, 15) is 4.79 Å². The van der Waals surface area contributed by atoms with E-state index in [-0.39, 0.29) is 5.11 Å². The zero-order valence-corrected chi connectivity index (χ0v) is 18.7. The van der Waals surface area contributed by atoms with E-state index in [2.05, 4.69) is 16.0 Å². The number of halogens is 5. The molecule has 1 unspecified atom stereocenters. The summed E-state index contributed by atoms with van der Waals surface area (Å²) in [5.74, 6) is -0.472. The van der Waals surface area contributed by atoms with E-state index in [1.165, 1.54) is 6.08 Å². The van der Waals surface area contributed by atoms with Gasteiger partial charge in [-0.15, -0.1) is 0 Å². The largest absolute Gasteiger partial charge is 0.339 e. The van der Waals surface area contributed by atoms with Gasteiger partial charge < -0.3 is 16.0 Å². The summed E-state index contributed by atoms with van der Waals surface area (Å²) in [6.45, 7) is 0. The lowest BCUT2D eigenvalue weighted by Gasteiger charge is -2.27. The Balaban J connectivity index is 2.02. The molecule has 0 spiro atoms. The third-order valence-electron chi connectivity index (χ3n) is 3.30. The molecule has 4 nitrogen and oxygen atoms in total. The molecule has 3 N–H and O–H groups in total. The minimum absolute atomic E-state index is 0.0906. The van der Waals surface area contributed by atoms with Gasteiger partial charge in [0.1, 0.15) is 6.17 Å². The van der Waals surface area contributed by atoms with Crippen LogP contribution in [-0.2, 0) is 4.79 Å². The SMILES string of the molecule is O=C(C=Cc1ccccc1)NC(NC(=S)Nc1ccc(Cl)cc1Cl)C(Cl)(Cl)Cl. The zero-order chi connectivity index (χ0) is 20.7. The van der Waals surface area contributed by atoms with Crippen LogP contribution in [-0.4, -0.2) is 21.0 Å². The van der Waals surface area contributed by atoms with Crippen molar-refractivity contribution in [1.29, 1.82) is 0 Å². The highest BCUT2D eigenvalue weighted by molar-refractivity contribution is 7.80. The first kappa shape index (κ1) is 23.1. The molecule has 0 saturated carbocycles. The predicted molar refractivity (Wildman–Crippen MR) is 124 cm³/mol. The molecule has 0 fully saturated rings. The fourth-order valence-corrected chi connectivity index (χ4v) is 3.02. The van der Waals surface area contributed by atoms with E-state index in [1.807, 2.05) is 30.3 Å². The van der Waals surface area contributed by atoms with Crippen LogP contribution in [0.1, 0.15) is 5.56 Å². The minimum Gasteiger partial charge on any atom is -0.339 e. The molecule has 2 aromatic rings. The highest BCUT2D eigenvalue weighted by atomic mass is 35.6. The molecule has 2 rings (SSSR count). The van der Waals surface area contributed by atoms with Gasteiger partial charge in [0, 0.05) is 11.1 Å². The smallest absolute Gasteiger partial charge is 0.245 e. The van der Waals surface area contributed by atoms with Gasteiger partial charge in [-0.05, 0) is 42.1 Å². The second-order valence-corrected chi connectivity index (χ2v) is 9.07. The topological polar surface area (TPSA) is 53.2 Å². The highest BCUT2D eigenvalue weighted by Gasteiger charge is 2.34. The fourth-order valence-electron chi connectivity index (χ4n) is 2.01. The number of rotatable bonds is 5. The molecule has 148 valence electrons. The molecule has 0 saturated heterocycles. The summed E-state index contributed by atoms with van der Waals surface area (Å²) in [5.41, 5.74) is 1.35. The number of anilines is 1. The Morgan fingerprint density at radius 1 is 1.04 bits per heavy atom. The summed E-state index contributed by atoms with van der Waals surface area (Å²) in [6.07, 6.45) is 1.86. The molecular weight excluding hydrogens is 484 g/mol. The van der Waals surface area contributed by atoms with Gasteiger partial charge in [-0.25, -0.2) is 0 Å². The van der Waals surface area contributed by atoms with Gasteiger partial charge in [0.15, 0.2) is 5.11 Å². The molecule has 28 heavy (non-hydrogen) atoms. The van der Waals surface area contributed by atoms with Crippen LogP contribution in [0.5, 0.6) is 0 Å². The van der Waals surface area contributed by atoms with Crippen LogP contribution in [0, 0.1) is 0 Å². The molecule has 0 aliphatic carbocycles. The molecule has 0 aliphatic rings. The number of nitrogens with one attached hydrogen (secondary N) is 3. The molecular formula is C18H14Cl5N3OS. The maximum Gasteiger partial charge on any atom is 0.245 e. The molecule has 0 aliphatic heterocycles. The van der Waals surface area contributed by atoms with Crippen molar-refractivity contribution >= 4 is 93.0 Å². The summed E-state index contributed by atoms with van der Waals surface area (Å²) in [5, 5.41) is 9.08. The number of hydrogen-bond donors (Lipinski definition) is 3. The Hall–Kier alpha value is -1.21. The van der Waals surface area contributed by atoms with Gasteiger partial charge in [-0.1, -0.05) is 88.3 Å². The van der Waals surface area contributed by atoms with Crippen molar-refractivity contribution in [2.24, 2.45) is 0 Å². The average Bonchev–Trinajstić information content (AvgIpc) is 2.62. The molecule has 0 radical (unpaired) electrons. The summed E-state index contributed by atoms with van der Waals surface area (Å²) in [7, 11) is 0. The molecule has 10 heteroatoms. The number of hydrogen-bond acceptors (Lipinski definition) is 2. The Kier molecular flexibility index (Phi) is 8.68. The van der Waals surface area contributed by atoms with Crippen molar-refractivity contribution in [3.05, 3.63) is 70.2 Å². The van der Waals surface area contributed by atoms with Crippen LogP contribution in [0.2, 0.25) is 10.0 Å². The van der Waals surface area contributed by atoms with Gasteiger partial charge in [0.25, 0.3) is 0 Å². The van der Waals surface area contributed by atoms with Crippen molar-refractivity contribution in [3.8, 4) is 0 Å². The predicted octanol–water partition coefficient (Wildman–Crippen LogP) is 5.81. The third kappa shape index (κ3) is 7.66. The van der Waals surface area contributed by atoms with Gasteiger partial charge in [0.2, 0.25) is 9.70 Å². The second kappa shape index (κ2) is 10.5. The Morgan fingerprint density at radius 3 is 2.32 bits per heavy atom. The minimum atomic E-state index is -1.87. The van der Waals surface area contributed by atoms with E-state index in [1.54, 1.807) is 24.3 Å². The molecule has 1 atom stereocenters. The zero-order valence-electron chi connectivity index (χ0n) is 14.1. The van der Waals surface area contributed by atoms with Crippen LogP contribution in [0.4, 0.5) is 5.69 Å². The third-order valence-corrected chi connectivity index (χ3v) is 4.72. The van der Waals surface area contributed by atoms with Crippen LogP contribution in [0.25, 0.3) is 6.08 Å². The Morgan fingerprint density at radius 2 is 1.71 bits per heavy atom. The number of amides is 1. The number of thiocarbonyl (C=S) groups is 1. The molecule has 1 amide bonds. The standard InChI is InChI=1S/C18H14Cl5N3OS/c19-12-7-8-14(13(20)10-12)24-17(28)26-16(18(21,22)23)25-15(27)9-6-11-4-2-1-3-5-11/h1-10,16H,(H,25,27)(H2,24,26,28). The van der Waals surface area contributed by atoms with E-state index < -0.39 is 15.9 Å². The number of alkyl halides is 3. The van der Waals surface area contributed by atoms with E-state index in [4.69, 9.17) is 70.2 Å². The summed E-state index contributed by atoms with van der Waals surface area (Å²) >= 11 is 35.0. The van der Waals surface area contributed by atoms with Crippen LogP contribution >= 0.6 is 70.2 Å². The lowest BCUT2D eigenvalue weighted by molar-refractivity contribution is -0.117. The number of benzene rings is 2. The van der Waals surface area contributed by atoms with Gasteiger partial charge in [0.05, 0.1) is 10.7 Å². The Labute approximate surface area is 193 Å². The molecule has 2 aromatic carbocycles. The first-order valence-electron chi connectivity index (χ1n) is 7.78. The van der Waals surface area contributed by atoms with E-state index in [0.717, 1.165) is 5.56 Å². The quantitative estimate of drug-likeness (QED) is 0.211. The van der Waals surface area contributed by atoms with Crippen molar-refractivity contribution in [1.82, 2.24) is 10.6 Å². The van der Waals surface area contributed by atoms with Crippen molar-refractivity contribution in [2.45, 2.75) is 9.96 Å². The van der Waals surface area contributed by atoms with Crippen LogP contribution < -0.4 is 16.0 Å². The van der Waals surface area contributed by atoms with Crippen molar-refractivity contribution < 1.29 is 4.79 Å². The van der Waals surface area contributed by atoms with E-state index >= 15 is 0 Å². The van der Waals surface area contributed by atoms with Crippen molar-refractivity contribution in [2.75, 3.05) is 5.32 Å². The molecule has 0 aromatic heterocycles. The molecule has 0 bridgehead atoms. The van der Waals surface area contributed by atoms with Crippen LogP contribution in [0.3, 0.4) is 0 Å². The van der Waals surface area contributed by atoms with Gasteiger partial charge in [-0.3, -0.25) is 4.79 Å². The molecule has 0 heterocycles. The summed E-state index contributed by atoms with van der Waals surface area (Å²) in [4.78, 5) is 12.2. The maximum atomic E-state index is 12.2. The van der Waals surface area contributed by atoms with Crippen molar-refractivity contribution in [3.63, 3.8) is 0 Å². The monoisotopic (exact) mass is 495 g/mol. The normalized spacial score (nSPS) is 12.5. The van der Waals surface area contributed by atoms with Crippen LogP contribution in [0.15, 0.2) is 54.6 Å². The highest BCUT2D eigenvalue weighted by Crippen LogP contribution is 2.29.